The summed E-state index contributed by atoms with van der Waals surface area (Å²) in [5, 5.41) is 27.9. The number of aromatic amines is 2. The molecule has 0 aliphatic heterocycles. The van der Waals surface area contributed by atoms with Crippen LogP contribution in [0, 0.1) is 5.82 Å². The van der Waals surface area contributed by atoms with Crippen molar-refractivity contribution in [2.24, 2.45) is 0 Å². The number of halogens is 1. The van der Waals surface area contributed by atoms with Crippen LogP contribution in [0.3, 0.4) is 0 Å². The van der Waals surface area contributed by atoms with Gasteiger partial charge in [-0.2, -0.15) is 5.10 Å². The lowest BCUT2D eigenvalue weighted by Gasteiger charge is -2.05. The van der Waals surface area contributed by atoms with E-state index in [9.17, 15) is 14.6 Å². The predicted octanol–water partition coefficient (Wildman–Crippen LogP) is 5.39. The molecule has 0 unspecified atom stereocenters. The number of nitrogens with zero attached hydrogens (tertiary/aromatic N) is 3. The first kappa shape index (κ1) is 19.0. The van der Waals surface area contributed by atoms with Crippen molar-refractivity contribution in [2.75, 3.05) is 0 Å². The van der Waals surface area contributed by atoms with Crippen molar-refractivity contribution in [2.45, 2.75) is 0 Å². The third-order valence-corrected chi connectivity index (χ3v) is 5.54. The van der Waals surface area contributed by atoms with Crippen molar-refractivity contribution in [3.63, 3.8) is 0 Å². The maximum atomic E-state index is 13.9. The molecule has 0 bridgehead atoms. The number of hydrogen-bond acceptors (Lipinski definition) is 5. The second kappa shape index (κ2) is 7.16. The normalized spacial score (nSPS) is 11.4. The number of benzene rings is 2. The van der Waals surface area contributed by atoms with Crippen molar-refractivity contribution in [3.8, 4) is 45.3 Å². The Morgan fingerprint density at radius 1 is 0.818 bits per heavy atom. The van der Waals surface area contributed by atoms with Crippen LogP contribution in [0.15, 0.2) is 73.1 Å². The molecule has 0 amide bonds. The Morgan fingerprint density at radius 2 is 1.70 bits per heavy atom. The molecule has 4 N–H and O–H groups in total. The van der Waals surface area contributed by atoms with Crippen molar-refractivity contribution in [1.29, 1.82) is 0 Å². The van der Waals surface area contributed by atoms with E-state index in [0.29, 0.717) is 28.0 Å². The van der Waals surface area contributed by atoms with E-state index in [0.717, 1.165) is 33.7 Å². The molecule has 7 nitrogen and oxygen atoms in total. The van der Waals surface area contributed by atoms with Gasteiger partial charge in [0.25, 0.3) is 0 Å². The van der Waals surface area contributed by atoms with Gasteiger partial charge in [-0.1, -0.05) is 12.1 Å². The summed E-state index contributed by atoms with van der Waals surface area (Å²) in [6.07, 6.45) is 3.00. The molecule has 8 heteroatoms. The van der Waals surface area contributed by atoms with Crippen molar-refractivity contribution >= 4 is 21.9 Å². The van der Waals surface area contributed by atoms with Gasteiger partial charge < -0.3 is 15.2 Å². The molecule has 0 aliphatic rings. The molecular formula is C25H16FN5O2. The molecule has 0 spiro atoms. The molecule has 4 aromatic heterocycles. The molecule has 6 rings (SSSR count). The van der Waals surface area contributed by atoms with Crippen LogP contribution in [0.5, 0.6) is 11.5 Å². The molecule has 0 aliphatic carbocycles. The molecule has 4 heterocycles. The minimum absolute atomic E-state index is 0.0633. The zero-order chi connectivity index (χ0) is 22.5. The quantitative estimate of drug-likeness (QED) is 0.297. The molecule has 0 atom stereocenters. The van der Waals surface area contributed by atoms with Gasteiger partial charge in [0, 0.05) is 28.7 Å². The van der Waals surface area contributed by atoms with Crippen molar-refractivity contribution < 1.29 is 14.6 Å². The van der Waals surface area contributed by atoms with Gasteiger partial charge in [0.15, 0.2) is 0 Å². The van der Waals surface area contributed by atoms with E-state index >= 15 is 0 Å². The van der Waals surface area contributed by atoms with Crippen molar-refractivity contribution in [1.82, 2.24) is 25.1 Å². The number of fused-ring (bicyclic) bond motifs is 2. The molecular weight excluding hydrogens is 421 g/mol. The predicted molar refractivity (Wildman–Crippen MR) is 123 cm³/mol. The van der Waals surface area contributed by atoms with Gasteiger partial charge in [0.05, 0.1) is 23.1 Å². The molecule has 2 aromatic carbocycles. The summed E-state index contributed by atoms with van der Waals surface area (Å²) in [5.41, 5.74) is 6.33. The number of hydrogen-bond donors (Lipinski definition) is 4. The SMILES string of the molecule is Oc1cncc(-c2ccc3[nH]nc(-c4cc5c(-c6cc(O)cc(F)c6)cccc5[nH]4)c3n2)c1. The van der Waals surface area contributed by atoms with Crippen LogP contribution < -0.4 is 0 Å². The summed E-state index contributed by atoms with van der Waals surface area (Å²) in [6, 6.07) is 16.9. The van der Waals surface area contributed by atoms with E-state index in [4.69, 9.17) is 4.98 Å². The highest BCUT2D eigenvalue weighted by atomic mass is 19.1. The Bertz CT molecular complexity index is 1650. The van der Waals surface area contributed by atoms with E-state index in [1.54, 1.807) is 12.3 Å². The number of pyridine rings is 2. The summed E-state index contributed by atoms with van der Waals surface area (Å²) < 4.78 is 13.9. The number of H-pyrrole nitrogens is 2. The van der Waals surface area contributed by atoms with Crippen LogP contribution in [0.4, 0.5) is 4.39 Å². The largest absolute Gasteiger partial charge is 0.508 e. The Morgan fingerprint density at radius 3 is 2.55 bits per heavy atom. The van der Waals surface area contributed by atoms with Gasteiger partial charge in [-0.15, -0.1) is 0 Å². The average molecular weight is 437 g/mol. The molecule has 0 radical (unpaired) electrons. The first-order chi connectivity index (χ1) is 16.0. The lowest BCUT2D eigenvalue weighted by atomic mass is 10.0. The number of rotatable bonds is 3. The zero-order valence-electron chi connectivity index (χ0n) is 17.0. The van der Waals surface area contributed by atoms with Gasteiger partial charge in [0.1, 0.15) is 28.5 Å². The zero-order valence-corrected chi connectivity index (χ0v) is 17.0. The Hall–Kier alpha value is -4.72. The first-order valence-corrected chi connectivity index (χ1v) is 10.2. The number of phenols is 1. The summed E-state index contributed by atoms with van der Waals surface area (Å²) in [5.74, 6) is -0.572. The number of aromatic hydroxyl groups is 2. The van der Waals surface area contributed by atoms with Crippen LogP contribution in [0.25, 0.3) is 55.7 Å². The van der Waals surface area contributed by atoms with E-state index in [2.05, 4.69) is 20.2 Å². The van der Waals surface area contributed by atoms with Crippen LogP contribution in [0.2, 0.25) is 0 Å². The minimum Gasteiger partial charge on any atom is -0.508 e. The summed E-state index contributed by atoms with van der Waals surface area (Å²) in [7, 11) is 0. The summed E-state index contributed by atoms with van der Waals surface area (Å²) in [4.78, 5) is 12.1. The minimum atomic E-state index is -0.505. The maximum absolute atomic E-state index is 13.9. The standard InChI is InChI=1S/C25H16FN5O2/c26-15-6-13(7-16(32)9-15)18-2-1-3-21-19(18)10-23(28-21)25-24-22(30-31-25)5-4-20(29-24)14-8-17(33)12-27-11-14/h1-12,28,32-33H,(H,30,31). The Balaban J connectivity index is 1.51. The van der Waals surface area contributed by atoms with Gasteiger partial charge in [-0.25, -0.2) is 9.37 Å². The molecule has 0 saturated heterocycles. The molecule has 0 fully saturated rings. The fourth-order valence-corrected chi connectivity index (χ4v) is 4.08. The number of nitrogens with one attached hydrogen (secondary N) is 2. The van der Waals surface area contributed by atoms with Gasteiger partial charge >= 0.3 is 0 Å². The third kappa shape index (κ3) is 3.25. The highest BCUT2D eigenvalue weighted by Crippen LogP contribution is 2.35. The highest BCUT2D eigenvalue weighted by molar-refractivity contribution is 6.00. The molecule has 160 valence electrons. The van der Waals surface area contributed by atoms with Crippen molar-refractivity contribution in [3.05, 3.63) is 78.9 Å². The molecule has 6 aromatic rings. The fourth-order valence-electron chi connectivity index (χ4n) is 4.08. The Kier molecular flexibility index (Phi) is 4.13. The first-order valence-electron chi connectivity index (χ1n) is 10.2. The van der Waals surface area contributed by atoms with Gasteiger partial charge in [-0.3, -0.25) is 10.1 Å². The lowest BCUT2D eigenvalue weighted by molar-refractivity contribution is 0.469. The highest BCUT2D eigenvalue weighted by Gasteiger charge is 2.16. The fraction of sp³-hybridized carbons (Fsp3) is 0. The van der Waals surface area contributed by atoms with Crippen LogP contribution in [0.1, 0.15) is 0 Å². The Labute approximate surface area is 186 Å². The van der Waals surface area contributed by atoms with Crippen LogP contribution in [-0.2, 0) is 0 Å². The lowest BCUT2D eigenvalue weighted by Crippen LogP contribution is -1.86. The summed E-state index contributed by atoms with van der Waals surface area (Å²) in [6.45, 7) is 0. The van der Waals surface area contributed by atoms with E-state index in [1.165, 1.54) is 18.3 Å². The monoisotopic (exact) mass is 437 g/mol. The topological polar surface area (TPSA) is 111 Å². The van der Waals surface area contributed by atoms with Gasteiger partial charge in [0.2, 0.25) is 0 Å². The van der Waals surface area contributed by atoms with E-state index in [1.807, 2.05) is 36.4 Å². The maximum Gasteiger partial charge on any atom is 0.135 e. The molecule has 33 heavy (non-hydrogen) atoms. The van der Waals surface area contributed by atoms with E-state index in [-0.39, 0.29) is 11.5 Å². The third-order valence-electron chi connectivity index (χ3n) is 5.54. The second-order valence-electron chi connectivity index (χ2n) is 7.74. The van der Waals surface area contributed by atoms with Gasteiger partial charge in [-0.05, 0) is 53.6 Å². The van der Waals surface area contributed by atoms with Crippen LogP contribution in [-0.4, -0.2) is 35.4 Å². The van der Waals surface area contributed by atoms with E-state index < -0.39 is 5.82 Å². The number of aromatic nitrogens is 5. The molecule has 0 saturated carbocycles. The second-order valence-corrected chi connectivity index (χ2v) is 7.74. The average Bonchev–Trinajstić information content (AvgIpc) is 3.41. The summed E-state index contributed by atoms with van der Waals surface area (Å²) >= 11 is 0. The van der Waals surface area contributed by atoms with Crippen LogP contribution >= 0.6 is 0 Å². The number of phenolic OH excluding ortho intramolecular Hbond substituents is 1. The smallest absolute Gasteiger partial charge is 0.135 e.